The summed E-state index contributed by atoms with van der Waals surface area (Å²) in [5, 5.41) is 4.69. The zero-order valence-corrected chi connectivity index (χ0v) is 19.0. The molecular formula is C24H23N3O5S. The number of rotatable bonds is 8. The first kappa shape index (κ1) is 22.3. The zero-order valence-electron chi connectivity index (χ0n) is 18.2. The Bertz CT molecular complexity index is 1150. The first-order valence-corrected chi connectivity index (χ1v) is 11.1. The number of hydrogen-bond donors (Lipinski definition) is 1. The lowest BCUT2D eigenvalue weighted by Gasteiger charge is -2.21. The van der Waals surface area contributed by atoms with Gasteiger partial charge < -0.3 is 19.7 Å². The van der Waals surface area contributed by atoms with E-state index in [9.17, 15) is 14.4 Å². The van der Waals surface area contributed by atoms with E-state index in [0.717, 1.165) is 9.78 Å². The number of urea groups is 1. The van der Waals surface area contributed by atoms with Gasteiger partial charge in [0, 0.05) is 16.6 Å². The Labute approximate surface area is 195 Å². The standard InChI is InChI=1S/C24H23N3O5S/c1-31-18-10-8-16(9-11-18)25-22(28)14-21-23(29)27(17-5-3-6-19(13-17)32-2)24(30)26(21)15-20-7-4-12-33-20/h3-13,21H,14-15H2,1-2H3,(H,25,28). The van der Waals surface area contributed by atoms with Crippen molar-refractivity contribution in [3.8, 4) is 11.5 Å². The van der Waals surface area contributed by atoms with Crippen LogP contribution in [0.1, 0.15) is 11.3 Å². The van der Waals surface area contributed by atoms with Gasteiger partial charge in [0.2, 0.25) is 5.91 Å². The molecular weight excluding hydrogens is 442 g/mol. The van der Waals surface area contributed by atoms with E-state index in [0.29, 0.717) is 22.9 Å². The molecule has 4 rings (SSSR count). The Balaban J connectivity index is 1.57. The predicted molar refractivity (Wildman–Crippen MR) is 126 cm³/mol. The molecule has 2 aromatic carbocycles. The van der Waals surface area contributed by atoms with E-state index < -0.39 is 18.0 Å². The Morgan fingerprint density at radius 2 is 1.76 bits per heavy atom. The zero-order chi connectivity index (χ0) is 23.4. The Morgan fingerprint density at radius 1 is 1.00 bits per heavy atom. The molecule has 1 N–H and O–H groups in total. The van der Waals surface area contributed by atoms with E-state index >= 15 is 0 Å². The van der Waals surface area contributed by atoms with Crippen molar-refractivity contribution < 1.29 is 23.9 Å². The third-order valence-electron chi connectivity index (χ3n) is 5.29. The van der Waals surface area contributed by atoms with Gasteiger partial charge in [-0.1, -0.05) is 12.1 Å². The molecule has 33 heavy (non-hydrogen) atoms. The van der Waals surface area contributed by atoms with Crippen molar-refractivity contribution in [3.63, 3.8) is 0 Å². The number of hydrogen-bond acceptors (Lipinski definition) is 6. The van der Waals surface area contributed by atoms with Crippen LogP contribution in [0.3, 0.4) is 0 Å². The lowest BCUT2D eigenvalue weighted by atomic mass is 10.1. The second-order valence-electron chi connectivity index (χ2n) is 7.36. The number of carbonyl (C=O) groups is 3. The lowest BCUT2D eigenvalue weighted by molar-refractivity contribution is -0.124. The number of nitrogens with zero attached hydrogens (tertiary/aromatic N) is 2. The van der Waals surface area contributed by atoms with Crippen molar-refractivity contribution >= 4 is 40.6 Å². The largest absolute Gasteiger partial charge is 0.497 e. The van der Waals surface area contributed by atoms with E-state index in [2.05, 4.69) is 5.32 Å². The van der Waals surface area contributed by atoms with Crippen LogP contribution in [-0.2, 0) is 16.1 Å². The van der Waals surface area contributed by atoms with Crippen LogP contribution < -0.4 is 19.7 Å². The minimum absolute atomic E-state index is 0.164. The molecule has 1 atom stereocenters. The van der Waals surface area contributed by atoms with Crippen LogP contribution in [0.2, 0.25) is 0 Å². The van der Waals surface area contributed by atoms with E-state index in [1.165, 1.54) is 23.3 Å². The molecule has 1 unspecified atom stereocenters. The monoisotopic (exact) mass is 465 g/mol. The normalized spacial score (nSPS) is 15.6. The summed E-state index contributed by atoms with van der Waals surface area (Å²) in [6, 6.07) is 16.0. The fraction of sp³-hybridized carbons (Fsp3) is 0.208. The molecule has 8 nitrogen and oxygen atoms in total. The van der Waals surface area contributed by atoms with Crippen molar-refractivity contribution in [2.45, 2.75) is 19.0 Å². The predicted octanol–water partition coefficient (Wildman–Crippen LogP) is 4.13. The topological polar surface area (TPSA) is 88.2 Å². The highest BCUT2D eigenvalue weighted by Gasteiger charge is 2.46. The van der Waals surface area contributed by atoms with Gasteiger partial charge in [0.1, 0.15) is 17.5 Å². The molecule has 0 bridgehead atoms. The molecule has 4 amide bonds. The van der Waals surface area contributed by atoms with Crippen molar-refractivity contribution in [3.05, 3.63) is 70.9 Å². The van der Waals surface area contributed by atoms with E-state index in [1.54, 1.807) is 55.6 Å². The van der Waals surface area contributed by atoms with Gasteiger partial charge in [0.25, 0.3) is 5.91 Å². The second-order valence-corrected chi connectivity index (χ2v) is 8.39. The maximum absolute atomic E-state index is 13.4. The molecule has 0 radical (unpaired) electrons. The number of imide groups is 1. The minimum Gasteiger partial charge on any atom is -0.497 e. The summed E-state index contributed by atoms with van der Waals surface area (Å²) < 4.78 is 10.4. The molecule has 1 aliphatic heterocycles. The number of anilines is 2. The SMILES string of the molecule is COc1ccc(NC(=O)CC2C(=O)N(c3cccc(OC)c3)C(=O)N2Cc2cccs2)cc1. The first-order valence-electron chi connectivity index (χ1n) is 10.2. The number of carbonyl (C=O) groups excluding carboxylic acids is 3. The second kappa shape index (κ2) is 9.74. The fourth-order valence-electron chi connectivity index (χ4n) is 3.63. The summed E-state index contributed by atoms with van der Waals surface area (Å²) in [5.41, 5.74) is 0.977. The summed E-state index contributed by atoms with van der Waals surface area (Å²) in [6.45, 7) is 0.239. The van der Waals surface area contributed by atoms with Crippen LogP contribution >= 0.6 is 11.3 Å². The number of amides is 4. The van der Waals surface area contributed by atoms with Gasteiger partial charge in [-0.3, -0.25) is 9.59 Å². The van der Waals surface area contributed by atoms with Gasteiger partial charge in [-0.05, 0) is 47.8 Å². The van der Waals surface area contributed by atoms with Crippen LogP contribution in [-0.4, -0.2) is 43.0 Å². The molecule has 2 heterocycles. The fourth-order valence-corrected chi connectivity index (χ4v) is 4.34. The van der Waals surface area contributed by atoms with Gasteiger partial charge in [-0.2, -0.15) is 0 Å². The molecule has 0 saturated carbocycles. The smallest absolute Gasteiger partial charge is 0.332 e. The highest BCUT2D eigenvalue weighted by atomic mass is 32.1. The number of methoxy groups -OCH3 is 2. The number of ether oxygens (including phenoxy) is 2. The lowest BCUT2D eigenvalue weighted by Crippen LogP contribution is -2.37. The average molecular weight is 466 g/mol. The van der Waals surface area contributed by atoms with Crippen molar-refractivity contribution in [1.29, 1.82) is 0 Å². The summed E-state index contributed by atoms with van der Waals surface area (Å²) in [7, 11) is 3.08. The molecule has 1 aromatic heterocycles. The molecule has 9 heteroatoms. The van der Waals surface area contributed by atoms with E-state index in [-0.39, 0.29) is 18.9 Å². The molecule has 1 saturated heterocycles. The number of nitrogens with one attached hydrogen (secondary N) is 1. The highest BCUT2D eigenvalue weighted by Crippen LogP contribution is 2.31. The molecule has 3 aromatic rings. The molecule has 0 spiro atoms. The molecule has 1 aliphatic rings. The Hall–Kier alpha value is -3.85. The Morgan fingerprint density at radius 3 is 2.42 bits per heavy atom. The van der Waals surface area contributed by atoms with E-state index in [1.807, 2.05) is 17.5 Å². The molecule has 170 valence electrons. The maximum atomic E-state index is 13.4. The molecule has 1 fully saturated rings. The third kappa shape index (κ3) is 4.83. The maximum Gasteiger partial charge on any atom is 0.332 e. The number of benzene rings is 2. The van der Waals surface area contributed by atoms with Gasteiger partial charge in [-0.25, -0.2) is 9.69 Å². The van der Waals surface area contributed by atoms with Gasteiger partial charge in [0.05, 0.1) is 32.9 Å². The van der Waals surface area contributed by atoms with Crippen LogP contribution in [0, 0.1) is 0 Å². The average Bonchev–Trinajstić information content (AvgIpc) is 3.42. The Kier molecular flexibility index (Phi) is 6.60. The minimum atomic E-state index is -0.927. The summed E-state index contributed by atoms with van der Waals surface area (Å²) in [5.74, 6) is 0.379. The summed E-state index contributed by atoms with van der Waals surface area (Å²) in [4.78, 5) is 42.9. The van der Waals surface area contributed by atoms with Crippen LogP contribution in [0.15, 0.2) is 66.0 Å². The van der Waals surface area contributed by atoms with Crippen molar-refractivity contribution in [1.82, 2.24) is 4.90 Å². The summed E-state index contributed by atoms with van der Waals surface area (Å²) in [6.07, 6.45) is -0.164. The van der Waals surface area contributed by atoms with Crippen LogP contribution in [0.25, 0.3) is 0 Å². The third-order valence-corrected chi connectivity index (χ3v) is 6.15. The van der Waals surface area contributed by atoms with Crippen molar-refractivity contribution in [2.75, 3.05) is 24.4 Å². The number of thiophene rings is 1. The van der Waals surface area contributed by atoms with Gasteiger partial charge >= 0.3 is 6.03 Å². The van der Waals surface area contributed by atoms with E-state index in [4.69, 9.17) is 9.47 Å². The van der Waals surface area contributed by atoms with Crippen LogP contribution in [0.4, 0.5) is 16.2 Å². The highest BCUT2D eigenvalue weighted by molar-refractivity contribution is 7.09. The quantitative estimate of drug-likeness (QED) is 0.506. The summed E-state index contributed by atoms with van der Waals surface area (Å²) >= 11 is 1.49. The van der Waals surface area contributed by atoms with Gasteiger partial charge in [0.15, 0.2) is 0 Å². The van der Waals surface area contributed by atoms with Crippen molar-refractivity contribution in [2.24, 2.45) is 0 Å². The van der Waals surface area contributed by atoms with Crippen LogP contribution in [0.5, 0.6) is 11.5 Å². The molecule has 0 aliphatic carbocycles. The first-order chi connectivity index (χ1) is 16.0. The van der Waals surface area contributed by atoms with Gasteiger partial charge in [-0.15, -0.1) is 11.3 Å².